The fourth-order valence-electron chi connectivity index (χ4n) is 4.87. The van der Waals surface area contributed by atoms with Gasteiger partial charge in [-0.1, -0.05) is 61.4 Å². The molecule has 1 saturated carbocycles. The highest BCUT2D eigenvalue weighted by atomic mass is 32.2. The Kier molecular flexibility index (Phi) is 5.50. The van der Waals surface area contributed by atoms with Crippen LogP contribution in [-0.4, -0.2) is 27.3 Å². The third-order valence-corrected chi connectivity index (χ3v) is 8.09. The molecule has 1 aliphatic heterocycles. The summed E-state index contributed by atoms with van der Waals surface area (Å²) in [6.45, 7) is 2.88. The Labute approximate surface area is 180 Å². The van der Waals surface area contributed by atoms with Crippen LogP contribution in [0.2, 0.25) is 0 Å². The van der Waals surface area contributed by atoms with Gasteiger partial charge in [0.1, 0.15) is 4.83 Å². The summed E-state index contributed by atoms with van der Waals surface area (Å²) >= 11 is 3.35. The average molecular weight is 426 g/mol. The molecule has 1 aliphatic carbocycles. The maximum atomic E-state index is 13.6. The Morgan fingerprint density at radius 2 is 1.97 bits per heavy atom. The van der Waals surface area contributed by atoms with Gasteiger partial charge < -0.3 is 0 Å². The summed E-state index contributed by atoms with van der Waals surface area (Å²) < 4.78 is 2.04. The summed E-state index contributed by atoms with van der Waals surface area (Å²) in [5.74, 6) is 0. The van der Waals surface area contributed by atoms with Crippen molar-refractivity contribution in [2.45, 2.75) is 62.8 Å². The fraction of sp³-hybridized carbons (Fsp3) is 0.478. The first kappa shape index (κ1) is 19.3. The zero-order valence-corrected chi connectivity index (χ0v) is 18.5. The van der Waals surface area contributed by atoms with Crippen molar-refractivity contribution in [3.8, 4) is 0 Å². The van der Waals surface area contributed by atoms with Gasteiger partial charge in [0.2, 0.25) is 0 Å². The minimum atomic E-state index is 0.209. The van der Waals surface area contributed by atoms with Crippen molar-refractivity contribution in [1.82, 2.24) is 14.5 Å². The highest BCUT2D eigenvalue weighted by Gasteiger charge is 2.27. The van der Waals surface area contributed by atoms with Crippen LogP contribution in [0.25, 0.3) is 10.2 Å². The van der Waals surface area contributed by atoms with E-state index in [-0.39, 0.29) is 5.56 Å². The SMILES string of the molecule is CSc1nc2sc3c(c2c(=O)n1C1CCCCC1)CCN(Cc1ccccc1)C3. The van der Waals surface area contributed by atoms with Crippen molar-refractivity contribution in [2.75, 3.05) is 12.8 Å². The molecule has 0 N–H and O–H groups in total. The molecule has 0 radical (unpaired) electrons. The Hall–Kier alpha value is -1.63. The molecule has 3 heterocycles. The molecular formula is C23H27N3OS2. The van der Waals surface area contributed by atoms with E-state index in [0.29, 0.717) is 6.04 Å². The van der Waals surface area contributed by atoms with Crippen LogP contribution in [0.5, 0.6) is 0 Å². The maximum Gasteiger partial charge on any atom is 0.263 e. The predicted octanol–water partition coefficient (Wildman–Crippen LogP) is 5.24. The fourth-order valence-corrected chi connectivity index (χ4v) is 6.79. The predicted molar refractivity (Wildman–Crippen MR) is 122 cm³/mol. The van der Waals surface area contributed by atoms with Crippen molar-refractivity contribution in [1.29, 1.82) is 0 Å². The lowest BCUT2D eigenvalue weighted by atomic mass is 9.95. The van der Waals surface area contributed by atoms with Crippen molar-refractivity contribution in [2.24, 2.45) is 0 Å². The van der Waals surface area contributed by atoms with Crippen molar-refractivity contribution < 1.29 is 0 Å². The van der Waals surface area contributed by atoms with Crippen LogP contribution in [0, 0.1) is 0 Å². The number of hydrogen-bond acceptors (Lipinski definition) is 5. The molecule has 1 aromatic carbocycles. The van der Waals surface area contributed by atoms with Gasteiger partial charge in [-0.2, -0.15) is 0 Å². The normalized spacial score (nSPS) is 18.2. The van der Waals surface area contributed by atoms with E-state index in [1.165, 1.54) is 35.3 Å². The molecule has 3 aromatic rings. The average Bonchev–Trinajstić information content (AvgIpc) is 3.12. The van der Waals surface area contributed by atoms with Crippen LogP contribution in [-0.2, 0) is 19.5 Å². The van der Waals surface area contributed by atoms with Crippen molar-refractivity contribution in [3.05, 3.63) is 56.7 Å². The quantitative estimate of drug-likeness (QED) is 0.423. The van der Waals surface area contributed by atoms with E-state index in [0.717, 1.165) is 54.3 Å². The molecule has 0 saturated heterocycles. The number of thioether (sulfide) groups is 1. The molecule has 1 fully saturated rings. The van der Waals surface area contributed by atoms with Gasteiger partial charge in [0, 0.05) is 30.6 Å². The van der Waals surface area contributed by atoms with Gasteiger partial charge in [-0.15, -0.1) is 11.3 Å². The molecule has 0 bridgehead atoms. The van der Waals surface area contributed by atoms with E-state index in [1.54, 1.807) is 23.1 Å². The van der Waals surface area contributed by atoms with E-state index in [9.17, 15) is 4.79 Å². The number of nitrogens with zero attached hydrogens (tertiary/aromatic N) is 3. The summed E-state index contributed by atoms with van der Waals surface area (Å²) in [7, 11) is 0. The molecule has 2 aromatic heterocycles. The van der Waals surface area contributed by atoms with Crippen molar-refractivity contribution >= 4 is 33.3 Å². The molecule has 0 amide bonds. The van der Waals surface area contributed by atoms with Crippen LogP contribution < -0.4 is 5.56 Å². The van der Waals surface area contributed by atoms with Crippen LogP contribution in [0.1, 0.15) is 54.1 Å². The minimum Gasteiger partial charge on any atom is -0.294 e. The van der Waals surface area contributed by atoms with Crippen LogP contribution in [0.4, 0.5) is 0 Å². The molecule has 0 unspecified atom stereocenters. The summed E-state index contributed by atoms with van der Waals surface area (Å²) in [4.78, 5) is 23.3. The molecule has 6 heteroatoms. The first-order chi connectivity index (χ1) is 14.2. The van der Waals surface area contributed by atoms with Crippen LogP contribution in [0.15, 0.2) is 40.3 Å². The second kappa shape index (κ2) is 8.25. The lowest BCUT2D eigenvalue weighted by Gasteiger charge is -2.27. The second-order valence-electron chi connectivity index (χ2n) is 8.20. The molecule has 5 rings (SSSR count). The number of fused-ring (bicyclic) bond motifs is 3. The highest BCUT2D eigenvalue weighted by molar-refractivity contribution is 7.98. The van der Waals surface area contributed by atoms with Gasteiger partial charge >= 0.3 is 0 Å². The van der Waals surface area contributed by atoms with E-state index in [1.807, 2.05) is 10.8 Å². The Morgan fingerprint density at radius 1 is 1.17 bits per heavy atom. The van der Waals surface area contributed by atoms with Crippen LogP contribution in [0.3, 0.4) is 0 Å². The number of rotatable bonds is 4. The van der Waals surface area contributed by atoms with Gasteiger partial charge in [-0.3, -0.25) is 14.3 Å². The summed E-state index contributed by atoms with van der Waals surface area (Å²) in [5.41, 5.74) is 2.82. The zero-order valence-electron chi connectivity index (χ0n) is 16.9. The molecular weight excluding hydrogens is 398 g/mol. The number of benzene rings is 1. The van der Waals surface area contributed by atoms with E-state index < -0.39 is 0 Å². The minimum absolute atomic E-state index is 0.209. The Bertz CT molecular complexity index is 1070. The van der Waals surface area contributed by atoms with Gasteiger partial charge in [0.05, 0.1) is 5.39 Å². The van der Waals surface area contributed by atoms with E-state index >= 15 is 0 Å². The van der Waals surface area contributed by atoms with Gasteiger partial charge in [0.15, 0.2) is 5.16 Å². The zero-order chi connectivity index (χ0) is 19.8. The van der Waals surface area contributed by atoms with Gasteiger partial charge in [-0.25, -0.2) is 4.98 Å². The van der Waals surface area contributed by atoms with E-state index in [4.69, 9.17) is 4.98 Å². The monoisotopic (exact) mass is 425 g/mol. The van der Waals surface area contributed by atoms with Gasteiger partial charge in [0.25, 0.3) is 5.56 Å². The Morgan fingerprint density at radius 3 is 2.72 bits per heavy atom. The summed E-state index contributed by atoms with van der Waals surface area (Å²) in [5, 5.41) is 1.81. The molecule has 0 atom stereocenters. The first-order valence-electron chi connectivity index (χ1n) is 10.6. The third-order valence-electron chi connectivity index (χ3n) is 6.32. The number of hydrogen-bond donors (Lipinski definition) is 0. The third kappa shape index (κ3) is 3.66. The lowest BCUT2D eigenvalue weighted by molar-refractivity contribution is 0.249. The highest BCUT2D eigenvalue weighted by Crippen LogP contribution is 2.36. The molecule has 152 valence electrons. The summed E-state index contributed by atoms with van der Waals surface area (Å²) in [6.07, 6.45) is 8.94. The van der Waals surface area contributed by atoms with Crippen LogP contribution >= 0.6 is 23.1 Å². The first-order valence-corrected chi connectivity index (χ1v) is 12.7. The van der Waals surface area contributed by atoms with Crippen molar-refractivity contribution in [3.63, 3.8) is 0 Å². The Balaban J connectivity index is 1.51. The summed E-state index contributed by atoms with van der Waals surface area (Å²) in [6, 6.07) is 11.0. The van der Waals surface area contributed by atoms with E-state index in [2.05, 4.69) is 35.2 Å². The largest absolute Gasteiger partial charge is 0.294 e. The second-order valence-corrected chi connectivity index (χ2v) is 10.1. The topological polar surface area (TPSA) is 38.1 Å². The lowest BCUT2D eigenvalue weighted by Crippen LogP contribution is -2.31. The maximum absolute atomic E-state index is 13.6. The molecule has 0 spiro atoms. The molecule has 4 nitrogen and oxygen atoms in total. The smallest absolute Gasteiger partial charge is 0.263 e. The molecule has 29 heavy (non-hydrogen) atoms. The van der Waals surface area contributed by atoms with Gasteiger partial charge in [-0.05, 0) is 36.6 Å². The number of aromatic nitrogens is 2. The standard InChI is InChI=1S/C23H27N3OS2/c1-28-23-24-21-20(22(27)26(23)17-10-6-3-7-11-17)18-12-13-25(15-19(18)29-21)14-16-8-4-2-5-9-16/h2,4-5,8-9,17H,3,6-7,10-15H2,1H3. The number of thiophene rings is 1. The molecule has 2 aliphatic rings.